The van der Waals surface area contributed by atoms with Gasteiger partial charge in [-0.3, -0.25) is 14.9 Å². The highest BCUT2D eigenvalue weighted by molar-refractivity contribution is 7.90. The molecule has 1 amide bonds. The van der Waals surface area contributed by atoms with Crippen molar-refractivity contribution in [2.45, 2.75) is 43.0 Å². The van der Waals surface area contributed by atoms with Crippen LogP contribution in [0.15, 0.2) is 108 Å². The van der Waals surface area contributed by atoms with Gasteiger partial charge in [-0.2, -0.15) is 4.98 Å². The third-order valence-corrected chi connectivity index (χ3v) is 13.5. The number of nitrogens with one attached hydrogen (secondary N) is 3. The largest absolute Gasteiger partial charge is 0.471 e. The van der Waals surface area contributed by atoms with E-state index in [0.29, 0.717) is 80.2 Å². The molecule has 18 heteroatoms. The number of sulfonamides is 1. The first-order valence-electron chi connectivity index (χ1n) is 21.0. The number of nitro groups is 1. The van der Waals surface area contributed by atoms with Gasteiger partial charge in [0.05, 0.1) is 59.6 Å². The molecular weight excluding hydrogens is 862 g/mol. The van der Waals surface area contributed by atoms with Crippen molar-refractivity contribution in [2.75, 3.05) is 61.1 Å². The topological polar surface area (TPSA) is 201 Å². The van der Waals surface area contributed by atoms with Crippen molar-refractivity contribution >= 4 is 67.0 Å². The molecule has 0 bridgehead atoms. The van der Waals surface area contributed by atoms with Crippen LogP contribution in [0.5, 0.6) is 5.88 Å². The summed E-state index contributed by atoms with van der Waals surface area (Å²) in [6, 6.07) is 27.9. The number of piperidine rings is 1. The van der Waals surface area contributed by atoms with Crippen molar-refractivity contribution in [3.63, 3.8) is 0 Å². The van der Waals surface area contributed by atoms with Crippen LogP contribution in [0.2, 0.25) is 5.02 Å². The van der Waals surface area contributed by atoms with Crippen molar-refractivity contribution in [3.8, 4) is 17.0 Å². The number of hydrogen-bond acceptors (Lipinski definition) is 13. The van der Waals surface area contributed by atoms with Gasteiger partial charge in [0.1, 0.15) is 23.1 Å². The molecule has 4 aromatic carbocycles. The number of carbonyl (C=O) groups excluding carboxylic acids is 1. The maximum Gasteiger partial charge on any atom is 0.293 e. The van der Waals surface area contributed by atoms with E-state index in [1.807, 2.05) is 78.6 Å². The van der Waals surface area contributed by atoms with Gasteiger partial charge in [0.2, 0.25) is 5.88 Å². The number of nitro benzene ring substituents is 1. The quantitative estimate of drug-likeness (QED) is 0.0691. The number of fused-ring (bicyclic) bond motifs is 2. The van der Waals surface area contributed by atoms with E-state index in [1.54, 1.807) is 18.3 Å². The van der Waals surface area contributed by atoms with Gasteiger partial charge in [-0.05, 0) is 97.0 Å². The molecule has 0 aliphatic carbocycles. The Bertz CT molecular complexity index is 2810. The molecule has 64 heavy (non-hydrogen) atoms. The summed E-state index contributed by atoms with van der Waals surface area (Å²) in [7, 11) is -4.62. The molecular formula is C46H46ClN7O9S. The van der Waals surface area contributed by atoms with Crippen molar-refractivity contribution in [2.24, 2.45) is 5.92 Å². The molecule has 0 saturated carbocycles. The summed E-state index contributed by atoms with van der Waals surface area (Å²) in [6.07, 6.45) is 1.72. The van der Waals surface area contributed by atoms with Crippen LogP contribution in [-0.2, 0) is 19.5 Å². The molecule has 6 aromatic rings. The van der Waals surface area contributed by atoms with Gasteiger partial charge in [0.15, 0.2) is 0 Å². The number of nitrogens with zero attached hydrogens (tertiary/aromatic N) is 4. The van der Waals surface area contributed by atoms with E-state index in [1.165, 1.54) is 12.1 Å². The minimum atomic E-state index is -4.62. The van der Waals surface area contributed by atoms with Gasteiger partial charge < -0.3 is 39.4 Å². The fourth-order valence-corrected chi connectivity index (χ4v) is 9.76. The van der Waals surface area contributed by atoms with Crippen LogP contribution in [0.3, 0.4) is 0 Å². The highest BCUT2D eigenvalue weighted by atomic mass is 35.5. The molecule has 9 rings (SSSR count). The predicted octanol–water partition coefficient (Wildman–Crippen LogP) is 7.61. The summed E-state index contributed by atoms with van der Waals surface area (Å²) in [5.41, 5.74) is 4.84. The number of rotatable bonds is 12. The van der Waals surface area contributed by atoms with Gasteiger partial charge >= 0.3 is 0 Å². The molecule has 3 aliphatic heterocycles. The lowest BCUT2D eigenvalue weighted by molar-refractivity contribution is -0.384. The van der Waals surface area contributed by atoms with E-state index in [4.69, 9.17) is 30.8 Å². The molecule has 1 unspecified atom stereocenters. The number of H-pyrrole nitrogens is 1. The molecule has 16 nitrogen and oxygen atoms in total. The SMILES string of the molecule is C[C@@H]1CN(c2cc(N3CCC(C(O)c4ccccc4-c4ccc(Cl)cc4)CC3)ccc2C(=O)NS(=O)(=O)c2ccc(NC[C@H]3COCCO3)c([N+](=O)[O-])c2)c2cc3cc[nH]c3nc2O1. The molecule has 3 atom stereocenters. The number of halogens is 1. The summed E-state index contributed by atoms with van der Waals surface area (Å²) in [6.45, 7) is 4.78. The van der Waals surface area contributed by atoms with Crippen molar-refractivity contribution in [3.05, 3.63) is 130 Å². The van der Waals surface area contributed by atoms with Gasteiger partial charge in [-0.25, -0.2) is 13.1 Å². The minimum absolute atomic E-state index is 0.0255. The fourth-order valence-electron chi connectivity index (χ4n) is 8.65. The molecule has 2 saturated heterocycles. The second-order valence-electron chi connectivity index (χ2n) is 16.2. The van der Waals surface area contributed by atoms with E-state index in [9.17, 15) is 28.4 Å². The van der Waals surface area contributed by atoms with Gasteiger partial charge in [0.25, 0.3) is 21.6 Å². The standard InChI is InChI=1S/C46H46ClN7O9S/c1-28-26-53(42-22-31-14-17-48-44(31)50-46(42)63-28)40-23-33(52-18-15-30(16-19-52)43(55)37-5-3-2-4-36(37)29-6-8-32(47)9-7-29)10-12-38(40)45(56)51-64(59,60)35-11-13-39(41(24-35)54(57)58)49-25-34-27-61-20-21-62-34/h2-14,17,22-24,28,30,34,43,49,55H,15-16,18-21,25-27H2,1H3,(H,48,50)(H,51,56)/t28-,34+,43?/m1/s1. The fraction of sp³-hybridized carbons (Fsp3) is 0.304. The number of hydrogen-bond donors (Lipinski definition) is 4. The smallest absolute Gasteiger partial charge is 0.293 e. The molecule has 0 radical (unpaired) electrons. The molecule has 2 aromatic heterocycles. The Morgan fingerprint density at radius 3 is 2.58 bits per heavy atom. The second-order valence-corrected chi connectivity index (χ2v) is 18.3. The number of aliphatic hydroxyl groups is 1. The Morgan fingerprint density at radius 2 is 1.81 bits per heavy atom. The summed E-state index contributed by atoms with van der Waals surface area (Å²) in [5.74, 6) is -0.615. The van der Waals surface area contributed by atoms with Crippen molar-refractivity contribution in [1.29, 1.82) is 0 Å². The van der Waals surface area contributed by atoms with Crippen LogP contribution in [0.25, 0.3) is 22.2 Å². The number of anilines is 4. The van der Waals surface area contributed by atoms with Gasteiger partial charge in [0, 0.05) is 48.0 Å². The molecule has 332 valence electrons. The van der Waals surface area contributed by atoms with Gasteiger partial charge in [-0.15, -0.1) is 0 Å². The first kappa shape index (κ1) is 43.0. The molecule has 5 heterocycles. The maximum atomic E-state index is 14.3. The third kappa shape index (κ3) is 8.94. The second kappa shape index (κ2) is 18.1. The number of ether oxygens (including phenoxy) is 3. The van der Waals surface area contributed by atoms with Crippen LogP contribution in [-0.4, -0.2) is 92.5 Å². The van der Waals surface area contributed by atoms with E-state index < -0.39 is 37.5 Å². The molecule has 2 fully saturated rings. The summed E-state index contributed by atoms with van der Waals surface area (Å²) < 4.78 is 47.1. The van der Waals surface area contributed by atoms with Crippen LogP contribution in [0.1, 0.15) is 41.8 Å². The van der Waals surface area contributed by atoms with Crippen molar-refractivity contribution in [1.82, 2.24) is 14.7 Å². The molecule has 4 N–H and O–H groups in total. The Kier molecular flexibility index (Phi) is 12.2. The summed E-state index contributed by atoms with van der Waals surface area (Å²) in [5, 5.41) is 28.3. The number of benzene rings is 4. The number of aromatic amines is 1. The lowest BCUT2D eigenvalue weighted by Crippen LogP contribution is -2.38. The zero-order valence-corrected chi connectivity index (χ0v) is 36.3. The normalized spacial score (nSPS) is 18.5. The lowest BCUT2D eigenvalue weighted by Gasteiger charge is -2.38. The van der Waals surface area contributed by atoms with Crippen molar-refractivity contribution < 1.29 is 37.5 Å². The van der Waals surface area contributed by atoms with E-state index in [-0.39, 0.29) is 35.9 Å². The number of carbonyl (C=O) groups is 1. The number of aromatic nitrogens is 2. The summed E-state index contributed by atoms with van der Waals surface area (Å²) in [4.78, 5) is 37.2. The lowest BCUT2D eigenvalue weighted by atomic mass is 9.84. The molecule has 3 aliphatic rings. The summed E-state index contributed by atoms with van der Waals surface area (Å²) >= 11 is 6.17. The van der Waals surface area contributed by atoms with E-state index in [0.717, 1.165) is 33.8 Å². The number of amides is 1. The van der Waals surface area contributed by atoms with E-state index in [2.05, 4.69) is 19.9 Å². The van der Waals surface area contributed by atoms with Crippen LogP contribution >= 0.6 is 11.6 Å². The first-order chi connectivity index (χ1) is 30.9. The highest BCUT2D eigenvalue weighted by Gasteiger charge is 2.33. The average Bonchev–Trinajstić information content (AvgIpc) is 3.77. The first-order valence-corrected chi connectivity index (χ1v) is 22.9. The Hall–Kier alpha value is -6.24. The Balaban J connectivity index is 0.996. The van der Waals surface area contributed by atoms with Crippen LogP contribution in [0, 0.1) is 16.0 Å². The zero-order valence-electron chi connectivity index (χ0n) is 34.8. The Labute approximate surface area is 374 Å². The van der Waals surface area contributed by atoms with Crippen LogP contribution < -0.4 is 24.6 Å². The van der Waals surface area contributed by atoms with E-state index >= 15 is 0 Å². The third-order valence-electron chi connectivity index (χ3n) is 11.9. The maximum absolute atomic E-state index is 14.3. The number of pyridine rings is 1. The Morgan fingerprint density at radius 1 is 1.02 bits per heavy atom. The van der Waals surface area contributed by atoms with Gasteiger partial charge in [-0.1, -0.05) is 48.0 Å². The highest BCUT2D eigenvalue weighted by Crippen LogP contribution is 2.43. The molecule has 0 spiro atoms. The average molecular weight is 908 g/mol. The number of aliphatic hydroxyl groups excluding tert-OH is 1. The minimum Gasteiger partial charge on any atom is -0.471 e. The zero-order chi connectivity index (χ0) is 44.5. The monoisotopic (exact) mass is 907 g/mol. The van der Waals surface area contributed by atoms with Crippen LogP contribution in [0.4, 0.5) is 28.4 Å². The predicted molar refractivity (Wildman–Crippen MR) is 243 cm³/mol.